The largest absolute Gasteiger partial charge is 0.395 e. The third-order valence-corrected chi connectivity index (χ3v) is 3.72. The third kappa shape index (κ3) is 2.17. The van der Waals surface area contributed by atoms with Crippen molar-refractivity contribution in [2.24, 2.45) is 0 Å². The number of halogens is 2. The van der Waals surface area contributed by atoms with Crippen molar-refractivity contribution in [2.45, 2.75) is 26.3 Å². The molecule has 0 aliphatic heterocycles. The summed E-state index contributed by atoms with van der Waals surface area (Å²) < 4.78 is 1.97. The minimum atomic E-state index is 0.0875. The van der Waals surface area contributed by atoms with Crippen molar-refractivity contribution < 1.29 is 5.11 Å². The molecule has 0 radical (unpaired) electrons. The molecule has 1 aromatic carbocycles. The molecule has 1 heterocycles. The van der Waals surface area contributed by atoms with E-state index in [1.54, 1.807) is 0 Å². The summed E-state index contributed by atoms with van der Waals surface area (Å²) in [6.07, 6.45) is 2.05. The number of nitrogens with zero attached hydrogens (tertiary/aromatic N) is 1. The Morgan fingerprint density at radius 3 is 2.59 bits per heavy atom. The summed E-state index contributed by atoms with van der Waals surface area (Å²) in [6.45, 7) is 4.90. The average molecular weight is 272 g/mol. The number of hydrogen-bond acceptors (Lipinski definition) is 1. The second-order valence-corrected chi connectivity index (χ2v) is 5.20. The highest BCUT2D eigenvalue weighted by atomic mass is 35.5. The number of rotatable bonds is 3. The number of aliphatic hydroxyl groups is 1. The fraction of sp³-hybridized carbons (Fsp3) is 0.385. The normalized spacial score (nSPS) is 11.6. The number of hydrogen-bond donors (Lipinski definition) is 1. The van der Waals surface area contributed by atoms with Crippen LogP contribution in [0.5, 0.6) is 0 Å². The monoisotopic (exact) mass is 271 g/mol. The molecule has 1 aromatic heterocycles. The Morgan fingerprint density at radius 2 is 2.00 bits per heavy atom. The smallest absolute Gasteiger partial charge is 0.0835 e. The first-order chi connectivity index (χ1) is 8.06. The SMILES string of the molecule is CC(C)c1cn(CCO)c2c(Cl)c(Cl)ccc12. The van der Waals surface area contributed by atoms with Crippen LogP contribution in [-0.2, 0) is 6.54 Å². The average Bonchev–Trinajstić information content (AvgIpc) is 2.64. The molecular weight excluding hydrogens is 257 g/mol. The number of fused-ring (bicyclic) bond motifs is 1. The zero-order valence-corrected chi connectivity index (χ0v) is 11.4. The molecule has 2 nitrogen and oxygen atoms in total. The summed E-state index contributed by atoms with van der Waals surface area (Å²) >= 11 is 12.3. The minimum Gasteiger partial charge on any atom is -0.395 e. The fourth-order valence-electron chi connectivity index (χ4n) is 2.10. The van der Waals surface area contributed by atoms with E-state index in [4.69, 9.17) is 28.3 Å². The van der Waals surface area contributed by atoms with Gasteiger partial charge in [-0.25, -0.2) is 0 Å². The maximum absolute atomic E-state index is 9.09. The topological polar surface area (TPSA) is 25.2 Å². The van der Waals surface area contributed by atoms with E-state index in [0.717, 1.165) is 10.9 Å². The molecule has 0 spiro atoms. The van der Waals surface area contributed by atoms with E-state index in [1.807, 2.05) is 22.9 Å². The van der Waals surface area contributed by atoms with Crippen LogP contribution in [0.25, 0.3) is 10.9 Å². The maximum Gasteiger partial charge on any atom is 0.0835 e. The van der Waals surface area contributed by atoms with Crippen molar-refractivity contribution in [3.8, 4) is 0 Å². The van der Waals surface area contributed by atoms with E-state index in [9.17, 15) is 0 Å². The molecule has 4 heteroatoms. The molecule has 0 saturated heterocycles. The molecule has 0 aliphatic carbocycles. The van der Waals surface area contributed by atoms with E-state index in [2.05, 4.69) is 13.8 Å². The fourth-order valence-corrected chi connectivity index (χ4v) is 2.53. The van der Waals surface area contributed by atoms with E-state index < -0.39 is 0 Å². The second kappa shape index (κ2) is 4.89. The van der Waals surface area contributed by atoms with Crippen LogP contribution in [0.4, 0.5) is 0 Å². The van der Waals surface area contributed by atoms with E-state index in [1.165, 1.54) is 5.56 Å². The van der Waals surface area contributed by atoms with Gasteiger partial charge in [0.25, 0.3) is 0 Å². The van der Waals surface area contributed by atoms with Gasteiger partial charge in [-0.05, 0) is 17.5 Å². The summed E-state index contributed by atoms with van der Waals surface area (Å²) in [6, 6.07) is 3.81. The Hall–Kier alpha value is -0.700. The lowest BCUT2D eigenvalue weighted by molar-refractivity contribution is 0.278. The summed E-state index contributed by atoms with van der Waals surface area (Å²) in [4.78, 5) is 0. The van der Waals surface area contributed by atoms with Gasteiger partial charge in [0.05, 0.1) is 22.2 Å². The van der Waals surface area contributed by atoms with E-state index in [-0.39, 0.29) is 6.61 Å². The maximum atomic E-state index is 9.09. The van der Waals surface area contributed by atoms with Gasteiger partial charge in [-0.3, -0.25) is 0 Å². The highest BCUT2D eigenvalue weighted by Gasteiger charge is 2.15. The van der Waals surface area contributed by atoms with Crippen molar-refractivity contribution in [3.05, 3.63) is 33.9 Å². The van der Waals surface area contributed by atoms with E-state index >= 15 is 0 Å². The van der Waals surface area contributed by atoms with Crippen LogP contribution in [0.2, 0.25) is 10.0 Å². The number of aromatic nitrogens is 1. The van der Waals surface area contributed by atoms with Crippen LogP contribution in [0.3, 0.4) is 0 Å². The molecule has 2 aromatic rings. The molecule has 1 N–H and O–H groups in total. The summed E-state index contributed by atoms with van der Waals surface area (Å²) in [5.74, 6) is 0.412. The zero-order valence-electron chi connectivity index (χ0n) is 9.87. The molecule has 0 saturated carbocycles. The van der Waals surface area contributed by atoms with Crippen LogP contribution in [0.1, 0.15) is 25.3 Å². The molecule has 92 valence electrons. The molecule has 17 heavy (non-hydrogen) atoms. The predicted molar refractivity (Wildman–Crippen MR) is 73.1 cm³/mol. The van der Waals surface area contributed by atoms with Crippen molar-refractivity contribution in [1.29, 1.82) is 0 Å². The molecule has 0 atom stereocenters. The van der Waals surface area contributed by atoms with Crippen LogP contribution in [-0.4, -0.2) is 16.3 Å². The lowest BCUT2D eigenvalue weighted by Crippen LogP contribution is -2.00. The standard InChI is InChI=1S/C13H15Cl2NO/c1-8(2)10-7-16(5-6-17)13-9(10)3-4-11(14)12(13)15/h3-4,7-8,17H,5-6H2,1-2H3. The summed E-state index contributed by atoms with van der Waals surface area (Å²) in [5.41, 5.74) is 2.14. The quantitative estimate of drug-likeness (QED) is 0.895. The van der Waals surface area contributed by atoms with Gasteiger partial charge in [0.1, 0.15) is 0 Å². The van der Waals surface area contributed by atoms with Gasteiger partial charge in [-0.1, -0.05) is 43.1 Å². The van der Waals surface area contributed by atoms with Crippen molar-refractivity contribution in [3.63, 3.8) is 0 Å². The highest BCUT2D eigenvalue weighted by Crippen LogP contribution is 2.36. The van der Waals surface area contributed by atoms with Gasteiger partial charge in [0.2, 0.25) is 0 Å². The Bertz CT molecular complexity index is 546. The minimum absolute atomic E-state index is 0.0875. The Balaban J connectivity index is 2.76. The van der Waals surface area contributed by atoms with Gasteiger partial charge in [-0.2, -0.15) is 0 Å². The molecule has 0 aliphatic rings. The van der Waals surface area contributed by atoms with Crippen molar-refractivity contribution >= 4 is 34.1 Å². The Kier molecular flexibility index (Phi) is 3.67. The van der Waals surface area contributed by atoms with Gasteiger partial charge in [-0.15, -0.1) is 0 Å². The van der Waals surface area contributed by atoms with E-state index in [0.29, 0.717) is 22.5 Å². The number of benzene rings is 1. The van der Waals surface area contributed by atoms with Crippen LogP contribution >= 0.6 is 23.2 Å². The zero-order chi connectivity index (χ0) is 12.6. The molecular formula is C13H15Cl2NO. The third-order valence-electron chi connectivity index (χ3n) is 2.93. The molecule has 0 fully saturated rings. The van der Waals surface area contributed by atoms with Crippen LogP contribution < -0.4 is 0 Å². The van der Waals surface area contributed by atoms with Gasteiger partial charge < -0.3 is 9.67 Å². The lowest BCUT2D eigenvalue weighted by Gasteiger charge is -2.05. The molecule has 0 unspecified atom stereocenters. The first-order valence-electron chi connectivity index (χ1n) is 5.63. The van der Waals surface area contributed by atoms with Gasteiger partial charge in [0, 0.05) is 18.1 Å². The Labute approximate surface area is 111 Å². The molecule has 0 bridgehead atoms. The number of aliphatic hydroxyl groups excluding tert-OH is 1. The molecule has 2 rings (SSSR count). The second-order valence-electron chi connectivity index (χ2n) is 4.41. The van der Waals surface area contributed by atoms with Gasteiger partial charge in [0.15, 0.2) is 0 Å². The highest BCUT2D eigenvalue weighted by molar-refractivity contribution is 6.45. The molecule has 0 amide bonds. The van der Waals surface area contributed by atoms with Crippen molar-refractivity contribution in [2.75, 3.05) is 6.61 Å². The van der Waals surface area contributed by atoms with Crippen molar-refractivity contribution in [1.82, 2.24) is 4.57 Å². The first kappa shape index (κ1) is 12.7. The first-order valence-corrected chi connectivity index (χ1v) is 6.39. The predicted octanol–water partition coefficient (Wildman–Crippen LogP) is 4.06. The lowest BCUT2D eigenvalue weighted by atomic mass is 10.0. The Morgan fingerprint density at radius 1 is 1.29 bits per heavy atom. The summed E-state index contributed by atoms with van der Waals surface area (Å²) in [5, 5.41) is 11.3. The summed E-state index contributed by atoms with van der Waals surface area (Å²) in [7, 11) is 0. The van der Waals surface area contributed by atoms with Gasteiger partial charge >= 0.3 is 0 Å². The van der Waals surface area contributed by atoms with Crippen LogP contribution in [0, 0.1) is 0 Å². The van der Waals surface area contributed by atoms with Crippen LogP contribution in [0.15, 0.2) is 18.3 Å².